The Kier molecular flexibility index (Phi) is 14.2. The lowest BCUT2D eigenvalue weighted by Crippen LogP contribution is -2.57. The van der Waals surface area contributed by atoms with Crippen LogP contribution in [0.3, 0.4) is 0 Å². The molecule has 2 heterocycles. The summed E-state index contributed by atoms with van der Waals surface area (Å²) in [5, 5.41) is 27.7. The molecule has 51 heavy (non-hydrogen) atoms. The lowest BCUT2D eigenvalue weighted by Gasteiger charge is -2.26. The van der Waals surface area contributed by atoms with Gasteiger partial charge in [-0.2, -0.15) is 0 Å². The van der Waals surface area contributed by atoms with Crippen LogP contribution in [0.1, 0.15) is 78.4 Å². The van der Waals surface area contributed by atoms with Gasteiger partial charge in [-0.1, -0.05) is 30.7 Å². The zero-order valence-corrected chi connectivity index (χ0v) is 30.5. The Morgan fingerprint density at radius 2 is 1.80 bits per heavy atom. The van der Waals surface area contributed by atoms with E-state index in [4.69, 9.17) is 21.1 Å². The van der Waals surface area contributed by atoms with E-state index in [2.05, 4.69) is 26.3 Å². The number of hydrogen-bond donors (Lipinski definition) is 4. The number of fused-ring (bicyclic) bond motifs is 4. The summed E-state index contributed by atoms with van der Waals surface area (Å²) in [5.74, 6) is -1.13. The molecule has 4 amide bonds. The van der Waals surface area contributed by atoms with Crippen molar-refractivity contribution in [3.8, 4) is 11.5 Å². The molecule has 4 rings (SSSR count). The second kappa shape index (κ2) is 18.5. The van der Waals surface area contributed by atoms with Gasteiger partial charge < -0.3 is 35.4 Å². The topological polar surface area (TPSA) is 177 Å². The monoisotopic (exact) mass is 725 g/mol. The van der Waals surface area contributed by atoms with E-state index in [0.717, 1.165) is 5.56 Å². The fourth-order valence-electron chi connectivity index (χ4n) is 5.65. The Bertz CT molecular complexity index is 1680. The molecule has 1 aliphatic rings. The van der Waals surface area contributed by atoms with Gasteiger partial charge in [0.2, 0.25) is 11.8 Å². The zero-order chi connectivity index (χ0) is 37.1. The number of carbonyl (C=O) groups excluding carboxylic acids is 4. The van der Waals surface area contributed by atoms with Crippen molar-refractivity contribution >= 4 is 35.2 Å². The number of carbonyl (C=O) groups is 4. The molecule has 4 bridgehead atoms. The van der Waals surface area contributed by atoms with Gasteiger partial charge in [0.05, 0.1) is 19.4 Å². The van der Waals surface area contributed by atoms with Crippen LogP contribution in [-0.4, -0.2) is 93.6 Å². The molecule has 15 heteroatoms. The summed E-state index contributed by atoms with van der Waals surface area (Å²) in [6.45, 7) is 8.75. The molecule has 14 nitrogen and oxygen atoms in total. The summed E-state index contributed by atoms with van der Waals surface area (Å²) >= 11 is 6.21. The van der Waals surface area contributed by atoms with E-state index in [1.165, 1.54) is 20.1 Å². The number of hydrogen-bond acceptors (Lipinski definition) is 9. The van der Waals surface area contributed by atoms with Crippen LogP contribution in [0.25, 0.3) is 0 Å². The Morgan fingerprint density at radius 3 is 2.51 bits per heavy atom. The van der Waals surface area contributed by atoms with Gasteiger partial charge in [-0.3, -0.25) is 23.9 Å². The summed E-state index contributed by atoms with van der Waals surface area (Å²) in [6, 6.07) is 7.61. The lowest BCUT2D eigenvalue weighted by atomic mass is 10.0. The molecule has 0 saturated heterocycles. The molecule has 0 radical (unpaired) electrons. The Hall–Kier alpha value is -4.69. The number of benzene rings is 2. The van der Waals surface area contributed by atoms with Crippen LogP contribution in [0.15, 0.2) is 42.6 Å². The maximum Gasteiger partial charge on any atom is 0.253 e. The first kappa shape index (κ1) is 39.1. The van der Waals surface area contributed by atoms with Gasteiger partial charge in [0, 0.05) is 42.3 Å². The fourth-order valence-corrected chi connectivity index (χ4v) is 5.77. The molecule has 4 N–H and O–H groups in total. The van der Waals surface area contributed by atoms with Gasteiger partial charge in [0.1, 0.15) is 24.4 Å². The number of amides is 4. The first-order chi connectivity index (χ1) is 24.4. The number of nitrogens with zero attached hydrogens (tertiary/aromatic N) is 4. The van der Waals surface area contributed by atoms with Crippen molar-refractivity contribution in [2.45, 2.75) is 84.7 Å². The number of aryl methyl sites for hydroxylation is 2. The van der Waals surface area contributed by atoms with Crippen LogP contribution >= 0.6 is 11.6 Å². The van der Waals surface area contributed by atoms with Gasteiger partial charge in [0.25, 0.3) is 11.8 Å². The fraction of sp³-hybridized carbons (Fsp3) is 0.500. The van der Waals surface area contributed by atoms with Crippen LogP contribution in [-0.2, 0) is 22.7 Å². The summed E-state index contributed by atoms with van der Waals surface area (Å²) in [6.07, 6.45) is 2.55. The first-order valence-electron chi connectivity index (χ1n) is 17.2. The van der Waals surface area contributed by atoms with Crippen LogP contribution in [0, 0.1) is 12.8 Å². The van der Waals surface area contributed by atoms with Gasteiger partial charge in [-0.05, 0) is 87.4 Å². The van der Waals surface area contributed by atoms with Crippen molar-refractivity contribution in [2.24, 2.45) is 5.92 Å². The normalized spacial score (nSPS) is 19.2. The molecule has 3 atom stereocenters. The summed E-state index contributed by atoms with van der Waals surface area (Å²) in [7, 11) is 1.48. The minimum absolute atomic E-state index is 0.0186. The summed E-state index contributed by atoms with van der Waals surface area (Å²) in [4.78, 5) is 55.4. The third kappa shape index (κ3) is 11.1. The molecule has 0 spiro atoms. The van der Waals surface area contributed by atoms with Crippen molar-refractivity contribution in [3.63, 3.8) is 0 Å². The Morgan fingerprint density at radius 1 is 1.04 bits per heavy atom. The minimum Gasteiger partial charge on any atom is -0.493 e. The maximum atomic E-state index is 13.6. The SMILES string of the molecule is COc1ccc2cc1OCc1cn(nn1)CCCN(C(=O)c1ccc(Cl)c(C)c1)CCCCNC(=O)[C@H]([C@@H](C)O)NC(=O)[C@@H](CC(C)C)NC2=O. The van der Waals surface area contributed by atoms with E-state index in [1.807, 2.05) is 20.8 Å². The highest BCUT2D eigenvalue weighted by atomic mass is 35.5. The van der Waals surface area contributed by atoms with Crippen LogP contribution in [0.4, 0.5) is 0 Å². The quantitative estimate of drug-likeness (QED) is 0.308. The predicted octanol–water partition coefficient (Wildman–Crippen LogP) is 3.28. The number of aromatic nitrogens is 3. The van der Waals surface area contributed by atoms with E-state index >= 15 is 0 Å². The summed E-state index contributed by atoms with van der Waals surface area (Å²) < 4.78 is 13.1. The van der Waals surface area contributed by atoms with Gasteiger partial charge in [-0.15, -0.1) is 5.10 Å². The van der Waals surface area contributed by atoms with E-state index < -0.39 is 35.9 Å². The molecule has 2 aromatic carbocycles. The first-order valence-corrected chi connectivity index (χ1v) is 17.6. The number of rotatable bonds is 5. The molecule has 1 aliphatic heterocycles. The highest BCUT2D eigenvalue weighted by Gasteiger charge is 2.30. The number of ether oxygens (including phenoxy) is 2. The molecule has 3 aromatic rings. The molecular formula is C36H48ClN7O7. The standard InChI is InChI=1S/C36H48ClN7O7/c1-22(2)17-29-34(47)40-32(24(4)45)35(48)38-13-6-7-14-43(36(49)26-9-11-28(37)23(3)18-26)15-8-16-44-20-27(41-42-44)21-51-31-19-25(33(46)39-29)10-12-30(31)50-5/h9-12,18-20,22,24,29,32,45H,6-8,13-17,21H2,1-5H3,(H,38,48)(H,39,46)(H,40,47)/t24-,29-,32+/m1/s1. The van der Waals surface area contributed by atoms with E-state index in [1.54, 1.807) is 46.1 Å². The van der Waals surface area contributed by atoms with E-state index in [0.29, 0.717) is 60.9 Å². The second-order valence-electron chi connectivity index (χ2n) is 13.1. The third-order valence-electron chi connectivity index (χ3n) is 8.44. The van der Waals surface area contributed by atoms with Crippen LogP contribution < -0.4 is 25.4 Å². The van der Waals surface area contributed by atoms with Crippen LogP contribution in [0.5, 0.6) is 11.5 Å². The molecule has 0 unspecified atom stereocenters. The van der Waals surface area contributed by atoms with Crippen molar-refractivity contribution in [1.29, 1.82) is 0 Å². The molecule has 1 aromatic heterocycles. The smallest absolute Gasteiger partial charge is 0.253 e. The Balaban J connectivity index is 1.59. The third-order valence-corrected chi connectivity index (χ3v) is 8.86. The number of aliphatic hydroxyl groups is 1. The number of aliphatic hydroxyl groups excluding tert-OH is 1. The zero-order valence-electron chi connectivity index (χ0n) is 29.8. The van der Waals surface area contributed by atoms with Crippen LogP contribution in [0.2, 0.25) is 5.02 Å². The average molecular weight is 726 g/mol. The lowest BCUT2D eigenvalue weighted by molar-refractivity contribution is -0.132. The number of halogens is 1. The molecular weight excluding hydrogens is 678 g/mol. The predicted molar refractivity (Wildman–Crippen MR) is 191 cm³/mol. The van der Waals surface area contributed by atoms with Crippen molar-refractivity contribution < 1.29 is 33.8 Å². The molecule has 0 aliphatic carbocycles. The molecule has 276 valence electrons. The number of methoxy groups -OCH3 is 1. The number of nitrogens with one attached hydrogen (secondary N) is 3. The van der Waals surface area contributed by atoms with Gasteiger partial charge in [0.15, 0.2) is 11.5 Å². The van der Waals surface area contributed by atoms with E-state index in [9.17, 15) is 24.3 Å². The van der Waals surface area contributed by atoms with E-state index in [-0.39, 0.29) is 42.7 Å². The summed E-state index contributed by atoms with van der Waals surface area (Å²) in [5.41, 5.74) is 2.11. The maximum absolute atomic E-state index is 13.6. The molecule has 0 saturated carbocycles. The van der Waals surface area contributed by atoms with Gasteiger partial charge in [-0.25, -0.2) is 0 Å². The Labute approximate surface area is 303 Å². The average Bonchev–Trinajstić information content (AvgIpc) is 3.55. The molecule has 0 fully saturated rings. The van der Waals surface area contributed by atoms with Gasteiger partial charge >= 0.3 is 0 Å². The van der Waals surface area contributed by atoms with Crippen molar-refractivity contribution in [1.82, 2.24) is 35.8 Å². The largest absolute Gasteiger partial charge is 0.493 e. The van der Waals surface area contributed by atoms with Crippen molar-refractivity contribution in [2.75, 3.05) is 26.7 Å². The van der Waals surface area contributed by atoms with Crippen molar-refractivity contribution in [3.05, 3.63) is 70.0 Å². The minimum atomic E-state index is -1.25. The highest BCUT2D eigenvalue weighted by Crippen LogP contribution is 2.29. The highest BCUT2D eigenvalue weighted by molar-refractivity contribution is 6.31. The second-order valence-corrected chi connectivity index (χ2v) is 13.5.